The molecule has 4 fully saturated rings. The lowest BCUT2D eigenvalue weighted by Gasteiger charge is -2.40. The smallest absolute Gasteiger partial charge is 0.146 e. The number of anilines is 1. The Bertz CT molecular complexity index is 1330. The van der Waals surface area contributed by atoms with Crippen LogP contribution < -0.4 is 10.5 Å². The summed E-state index contributed by atoms with van der Waals surface area (Å²) in [4.78, 5) is 11.2. The highest BCUT2D eigenvalue weighted by Crippen LogP contribution is 2.45. The highest BCUT2D eigenvalue weighted by atomic mass is 32.2. The Kier molecular flexibility index (Phi) is 6.26. The van der Waals surface area contributed by atoms with Gasteiger partial charge < -0.3 is 24.3 Å². The number of rotatable bonds is 7. The molecule has 0 radical (unpaired) electrons. The minimum Gasteiger partial charge on any atom is -0.616 e. The first-order chi connectivity index (χ1) is 18.5. The second-order valence-corrected chi connectivity index (χ2v) is 13.2. The lowest BCUT2D eigenvalue weighted by Crippen LogP contribution is -2.45. The van der Waals surface area contributed by atoms with Crippen molar-refractivity contribution in [3.8, 4) is 16.9 Å². The summed E-state index contributed by atoms with van der Waals surface area (Å²) in [5.41, 5.74) is 8.02. The van der Waals surface area contributed by atoms with Gasteiger partial charge in [0.25, 0.3) is 0 Å². The molecule has 5 heterocycles. The molecule has 8 nitrogen and oxygen atoms in total. The minimum atomic E-state index is -0.655. The van der Waals surface area contributed by atoms with Gasteiger partial charge in [-0.2, -0.15) is 0 Å². The predicted molar refractivity (Wildman–Crippen MR) is 145 cm³/mol. The quantitative estimate of drug-likeness (QED) is 0.454. The highest BCUT2D eigenvalue weighted by Gasteiger charge is 2.46. The zero-order chi connectivity index (χ0) is 25.9. The number of hydrogen-bond acceptors (Lipinski definition) is 7. The summed E-state index contributed by atoms with van der Waals surface area (Å²) in [5, 5.41) is 0.682. The predicted octanol–water partition coefficient (Wildman–Crippen LogP) is 3.93. The van der Waals surface area contributed by atoms with Gasteiger partial charge in [0.2, 0.25) is 0 Å². The van der Waals surface area contributed by atoms with Gasteiger partial charge >= 0.3 is 0 Å². The van der Waals surface area contributed by atoms with E-state index < -0.39 is 11.2 Å². The molecule has 0 amide bonds. The van der Waals surface area contributed by atoms with Gasteiger partial charge in [0.1, 0.15) is 53.1 Å². The van der Waals surface area contributed by atoms with Gasteiger partial charge in [-0.25, -0.2) is 14.4 Å². The van der Waals surface area contributed by atoms with Crippen molar-refractivity contribution in [1.29, 1.82) is 0 Å². The van der Waals surface area contributed by atoms with Gasteiger partial charge in [-0.1, -0.05) is 11.2 Å². The number of nitrogens with zero attached hydrogens (tertiary/aromatic N) is 4. The van der Waals surface area contributed by atoms with Crippen molar-refractivity contribution in [3.05, 3.63) is 36.5 Å². The summed E-state index contributed by atoms with van der Waals surface area (Å²) in [7, 11) is 0. The molecule has 2 aromatic heterocycles. The van der Waals surface area contributed by atoms with E-state index in [0.717, 1.165) is 75.3 Å². The van der Waals surface area contributed by atoms with E-state index in [9.17, 15) is 4.55 Å². The molecule has 1 aliphatic carbocycles. The first kappa shape index (κ1) is 24.6. The fourth-order valence-electron chi connectivity index (χ4n) is 6.79. The number of hydrogen-bond donors (Lipinski definition) is 1. The van der Waals surface area contributed by atoms with Crippen LogP contribution >= 0.6 is 0 Å². The van der Waals surface area contributed by atoms with Crippen LogP contribution in [0.15, 0.2) is 30.7 Å². The molecule has 3 saturated heterocycles. The topological polar surface area (TPSA) is 101 Å². The van der Waals surface area contributed by atoms with Gasteiger partial charge in [-0.3, -0.25) is 4.90 Å². The molecule has 0 unspecified atom stereocenters. The molecule has 38 heavy (non-hydrogen) atoms. The summed E-state index contributed by atoms with van der Waals surface area (Å²) in [6, 6.07) is 5.19. The van der Waals surface area contributed by atoms with Crippen LogP contribution in [0.25, 0.3) is 22.2 Å². The number of ether oxygens (including phenoxy) is 2. The van der Waals surface area contributed by atoms with Crippen molar-refractivity contribution in [2.24, 2.45) is 5.92 Å². The standard InChI is InChI=1S/C28H34FN5O3S/c29-24-2-1-21(36-16-28-5-3-20(37-28)4-6-28)13-22(24)23-15-34(27-25(23)26(30)31-17-32-27)19-11-18(12-19)14-33-7-9-38(35)10-8-33/h1-2,13,15,17-20H,3-12,14,16H2,(H2,30,31,32). The van der Waals surface area contributed by atoms with E-state index in [4.69, 9.17) is 15.2 Å². The van der Waals surface area contributed by atoms with Crippen LogP contribution in [-0.2, 0) is 15.9 Å². The van der Waals surface area contributed by atoms with Crippen molar-refractivity contribution in [3.63, 3.8) is 0 Å². The maximum absolute atomic E-state index is 15.3. The first-order valence-corrected chi connectivity index (χ1v) is 15.2. The fourth-order valence-corrected chi connectivity index (χ4v) is 7.92. The zero-order valence-electron chi connectivity index (χ0n) is 21.5. The molecular formula is C28H34FN5O3S. The maximum Gasteiger partial charge on any atom is 0.146 e. The van der Waals surface area contributed by atoms with Gasteiger partial charge in [0.15, 0.2) is 0 Å². The summed E-state index contributed by atoms with van der Waals surface area (Å²) >= 11 is -0.655. The molecule has 7 rings (SSSR count). The van der Waals surface area contributed by atoms with Crippen LogP contribution in [0.1, 0.15) is 44.6 Å². The third-order valence-corrected chi connectivity index (χ3v) is 10.3. The van der Waals surface area contributed by atoms with E-state index in [-0.39, 0.29) is 17.5 Å². The molecule has 10 heteroatoms. The van der Waals surface area contributed by atoms with Crippen LogP contribution in [0, 0.1) is 11.7 Å². The number of benzene rings is 1. The summed E-state index contributed by atoms with van der Waals surface area (Å²) in [5.74, 6) is 2.79. The van der Waals surface area contributed by atoms with Crippen molar-refractivity contribution in [2.75, 3.05) is 43.5 Å². The molecule has 0 spiro atoms. The Morgan fingerprint density at radius 3 is 2.68 bits per heavy atom. The van der Waals surface area contributed by atoms with Crippen molar-refractivity contribution in [1.82, 2.24) is 19.4 Å². The van der Waals surface area contributed by atoms with Crippen LogP contribution in [0.4, 0.5) is 10.2 Å². The minimum absolute atomic E-state index is 0.195. The maximum atomic E-state index is 15.3. The Balaban J connectivity index is 1.12. The fraction of sp³-hybridized carbons (Fsp3) is 0.571. The molecule has 2 N–H and O–H groups in total. The first-order valence-electron chi connectivity index (χ1n) is 13.8. The summed E-state index contributed by atoms with van der Waals surface area (Å²) in [6.07, 6.45) is 10.1. The summed E-state index contributed by atoms with van der Waals surface area (Å²) in [6.45, 7) is 3.36. The van der Waals surface area contributed by atoms with E-state index >= 15 is 4.39 Å². The van der Waals surface area contributed by atoms with E-state index in [0.29, 0.717) is 46.7 Å². The van der Waals surface area contributed by atoms with E-state index in [1.807, 2.05) is 6.20 Å². The number of fused-ring (bicyclic) bond motifs is 3. The molecular weight excluding hydrogens is 505 g/mol. The number of nitrogens with two attached hydrogens (primary N) is 1. The molecule has 3 aromatic rings. The van der Waals surface area contributed by atoms with Crippen molar-refractivity contribution in [2.45, 2.75) is 56.3 Å². The van der Waals surface area contributed by atoms with E-state index in [2.05, 4.69) is 19.4 Å². The Morgan fingerprint density at radius 1 is 1.16 bits per heavy atom. The molecule has 4 aliphatic rings. The van der Waals surface area contributed by atoms with Gasteiger partial charge in [-0.15, -0.1) is 0 Å². The molecule has 3 aliphatic heterocycles. The average molecular weight is 540 g/mol. The van der Waals surface area contributed by atoms with E-state index in [1.54, 1.807) is 12.1 Å². The van der Waals surface area contributed by atoms with Gasteiger partial charge in [-0.05, 0) is 62.6 Å². The van der Waals surface area contributed by atoms with Gasteiger partial charge in [0, 0.05) is 43.0 Å². The Labute approximate surface area is 224 Å². The largest absolute Gasteiger partial charge is 0.616 e. The van der Waals surface area contributed by atoms with Crippen LogP contribution in [0.3, 0.4) is 0 Å². The lowest BCUT2D eigenvalue weighted by molar-refractivity contribution is -0.0198. The second kappa shape index (κ2) is 9.66. The van der Waals surface area contributed by atoms with Crippen molar-refractivity contribution < 1.29 is 18.4 Å². The molecule has 1 aromatic carbocycles. The molecule has 2 bridgehead atoms. The summed E-state index contributed by atoms with van der Waals surface area (Å²) < 4.78 is 41.4. The van der Waals surface area contributed by atoms with Crippen LogP contribution in [0.2, 0.25) is 0 Å². The number of aromatic nitrogens is 3. The molecule has 0 atom stereocenters. The Hall–Kier alpha value is -2.40. The Morgan fingerprint density at radius 2 is 1.95 bits per heavy atom. The van der Waals surface area contributed by atoms with Crippen LogP contribution in [0.5, 0.6) is 5.75 Å². The lowest BCUT2D eigenvalue weighted by atomic mass is 9.79. The monoisotopic (exact) mass is 539 g/mol. The van der Waals surface area contributed by atoms with Gasteiger partial charge in [0.05, 0.1) is 11.5 Å². The normalized spacial score (nSPS) is 29.7. The average Bonchev–Trinajstić information content (AvgIpc) is 3.61. The molecule has 1 saturated carbocycles. The number of halogens is 1. The third kappa shape index (κ3) is 4.45. The SMILES string of the molecule is Nc1ncnc2c1c(-c1cc(OCC34CCC(CC3)O4)ccc1F)cn2C1CC(CN2CC[S+]([O-])CC2)C1. The van der Waals surface area contributed by atoms with E-state index in [1.165, 1.54) is 12.4 Å². The van der Waals surface area contributed by atoms with Crippen molar-refractivity contribution >= 4 is 28.0 Å². The zero-order valence-corrected chi connectivity index (χ0v) is 22.3. The number of nitrogen functional groups attached to an aromatic ring is 1. The highest BCUT2D eigenvalue weighted by molar-refractivity contribution is 7.91. The third-order valence-electron chi connectivity index (χ3n) is 9.02. The van der Waals surface area contributed by atoms with Crippen LogP contribution in [-0.4, -0.2) is 73.4 Å². The molecule has 202 valence electrons. The second-order valence-electron chi connectivity index (χ2n) is 11.5.